The largest absolute Gasteiger partial charge is 0.493 e. The van der Waals surface area contributed by atoms with Crippen LogP contribution in [0.3, 0.4) is 0 Å². The van der Waals surface area contributed by atoms with E-state index in [0.717, 1.165) is 5.56 Å². The number of rotatable bonds is 5. The molecule has 0 radical (unpaired) electrons. The maximum atomic E-state index is 9.55. The fourth-order valence-electron chi connectivity index (χ4n) is 1.30. The van der Waals surface area contributed by atoms with Crippen LogP contribution in [0, 0.1) is 0 Å². The maximum Gasteiger partial charge on any atom is 0.161 e. The van der Waals surface area contributed by atoms with Crippen molar-refractivity contribution >= 4 is 0 Å². The Morgan fingerprint density at radius 3 is 2.67 bits per heavy atom. The van der Waals surface area contributed by atoms with Gasteiger partial charge in [0.05, 0.1) is 19.8 Å². The molecule has 0 aromatic heterocycles. The van der Waals surface area contributed by atoms with Gasteiger partial charge in [-0.15, -0.1) is 0 Å². The normalized spacial score (nSPS) is 12.3. The third kappa shape index (κ3) is 2.84. The van der Waals surface area contributed by atoms with E-state index in [1.54, 1.807) is 25.3 Å². The molecule has 0 unspecified atom stereocenters. The van der Waals surface area contributed by atoms with E-state index in [4.69, 9.17) is 15.2 Å². The highest BCUT2D eigenvalue weighted by molar-refractivity contribution is 5.43. The molecule has 1 aromatic rings. The molecule has 3 N–H and O–H groups in total. The Morgan fingerprint density at radius 2 is 2.13 bits per heavy atom. The predicted octanol–water partition coefficient (Wildman–Crippen LogP) is 1.09. The molecule has 1 aromatic carbocycles. The van der Waals surface area contributed by atoms with Gasteiger partial charge in [0.2, 0.25) is 0 Å². The highest BCUT2D eigenvalue weighted by atomic mass is 16.5. The molecule has 0 spiro atoms. The molecule has 84 valence electrons. The molecule has 1 atom stereocenters. The topological polar surface area (TPSA) is 64.7 Å². The molecule has 0 bridgehead atoms. The average Bonchev–Trinajstić information content (AvgIpc) is 2.29. The number of nitrogens with two attached hydrogens (primary N) is 1. The summed E-state index contributed by atoms with van der Waals surface area (Å²) < 4.78 is 10.5. The number of hydrogen-bond acceptors (Lipinski definition) is 4. The summed E-state index contributed by atoms with van der Waals surface area (Å²) in [5.74, 6) is 1.29. The molecule has 0 saturated heterocycles. The van der Waals surface area contributed by atoms with Crippen molar-refractivity contribution in [2.45, 2.75) is 13.0 Å². The van der Waals surface area contributed by atoms with Crippen LogP contribution < -0.4 is 15.2 Å². The number of aliphatic hydroxyl groups excluding tert-OH is 1. The minimum atomic E-state index is -0.658. The molecule has 15 heavy (non-hydrogen) atoms. The van der Waals surface area contributed by atoms with E-state index < -0.39 is 6.10 Å². The van der Waals surface area contributed by atoms with E-state index in [1.807, 2.05) is 6.92 Å². The molecule has 0 amide bonds. The second kappa shape index (κ2) is 5.58. The van der Waals surface area contributed by atoms with Crippen molar-refractivity contribution in [2.75, 3.05) is 20.3 Å². The van der Waals surface area contributed by atoms with Gasteiger partial charge in [-0.2, -0.15) is 0 Å². The molecule has 1 rings (SSSR count). The first kappa shape index (κ1) is 11.8. The van der Waals surface area contributed by atoms with E-state index in [1.165, 1.54) is 0 Å². The summed E-state index contributed by atoms with van der Waals surface area (Å²) in [6.45, 7) is 2.67. The van der Waals surface area contributed by atoms with Gasteiger partial charge in [0.1, 0.15) is 0 Å². The van der Waals surface area contributed by atoms with Crippen LogP contribution in [0.25, 0.3) is 0 Å². The lowest BCUT2D eigenvalue weighted by molar-refractivity contribution is 0.186. The second-order valence-corrected chi connectivity index (χ2v) is 3.09. The van der Waals surface area contributed by atoms with Crippen LogP contribution in [-0.2, 0) is 0 Å². The zero-order valence-corrected chi connectivity index (χ0v) is 9.06. The first-order valence-corrected chi connectivity index (χ1v) is 4.91. The molecule has 4 nitrogen and oxygen atoms in total. The molecule has 0 aliphatic carbocycles. The lowest BCUT2D eigenvalue weighted by Gasteiger charge is -2.13. The molecule has 4 heteroatoms. The Hall–Kier alpha value is -1.26. The van der Waals surface area contributed by atoms with Crippen LogP contribution in [0.4, 0.5) is 0 Å². The zero-order valence-electron chi connectivity index (χ0n) is 9.06. The van der Waals surface area contributed by atoms with Gasteiger partial charge in [0, 0.05) is 6.54 Å². The van der Waals surface area contributed by atoms with Crippen LogP contribution >= 0.6 is 0 Å². The highest BCUT2D eigenvalue weighted by Crippen LogP contribution is 2.29. The highest BCUT2D eigenvalue weighted by Gasteiger charge is 2.10. The second-order valence-electron chi connectivity index (χ2n) is 3.09. The standard InChI is InChI=1S/C11H17NO3/c1-3-15-10-5-4-8(9(13)7-12)6-11(10)14-2/h4-6,9,13H,3,7,12H2,1-2H3/t9-/m1/s1. The molecule has 0 saturated carbocycles. The maximum absolute atomic E-state index is 9.55. The van der Waals surface area contributed by atoms with Crippen molar-refractivity contribution in [3.05, 3.63) is 23.8 Å². The fourth-order valence-corrected chi connectivity index (χ4v) is 1.30. The third-order valence-corrected chi connectivity index (χ3v) is 2.10. The Balaban J connectivity index is 2.96. The first-order chi connectivity index (χ1) is 7.22. The van der Waals surface area contributed by atoms with Gasteiger partial charge >= 0.3 is 0 Å². The van der Waals surface area contributed by atoms with Crippen LogP contribution in [0.1, 0.15) is 18.6 Å². The van der Waals surface area contributed by atoms with Crippen molar-refractivity contribution < 1.29 is 14.6 Å². The van der Waals surface area contributed by atoms with Gasteiger partial charge in [0.15, 0.2) is 11.5 Å². The Bertz CT molecular complexity index is 315. The predicted molar refractivity (Wildman–Crippen MR) is 58.2 cm³/mol. The summed E-state index contributed by atoms with van der Waals surface area (Å²) in [4.78, 5) is 0. The summed E-state index contributed by atoms with van der Waals surface area (Å²) in [6, 6.07) is 5.30. The van der Waals surface area contributed by atoms with Gasteiger partial charge in [-0.05, 0) is 24.6 Å². The number of benzene rings is 1. The number of hydrogen-bond donors (Lipinski definition) is 2. The fraction of sp³-hybridized carbons (Fsp3) is 0.455. The molecule has 0 heterocycles. The summed E-state index contributed by atoms with van der Waals surface area (Å²) >= 11 is 0. The van der Waals surface area contributed by atoms with Crippen LogP contribution in [0.2, 0.25) is 0 Å². The molecule has 0 aliphatic rings. The van der Waals surface area contributed by atoms with Crippen LogP contribution in [0.15, 0.2) is 18.2 Å². The van der Waals surface area contributed by atoms with Crippen molar-refractivity contribution in [1.82, 2.24) is 0 Å². The number of methoxy groups -OCH3 is 1. The minimum Gasteiger partial charge on any atom is -0.493 e. The Kier molecular flexibility index (Phi) is 4.39. The minimum absolute atomic E-state index is 0.192. The third-order valence-electron chi connectivity index (χ3n) is 2.10. The van der Waals surface area contributed by atoms with E-state index >= 15 is 0 Å². The summed E-state index contributed by atoms with van der Waals surface area (Å²) in [5.41, 5.74) is 6.10. The molecular weight excluding hydrogens is 194 g/mol. The van der Waals surface area contributed by atoms with E-state index in [2.05, 4.69) is 0 Å². The van der Waals surface area contributed by atoms with Crippen molar-refractivity contribution in [3.8, 4) is 11.5 Å². The smallest absolute Gasteiger partial charge is 0.161 e. The molecule has 0 fully saturated rings. The van der Waals surface area contributed by atoms with Crippen molar-refractivity contribution in [3.63, 3.8) is 0 Å². The monoisotopic (exact) mass is 211 g/mol. The quantitative estimate of drug-likeness (QED) is 0.765. The number of ether oxygens (including phenoxy) is 2. The van der Waals surface area contributed by atoms with Gasteiger partial charge in [-0.1, -0.05) is 6.07 Å². The van der Waals surface area contributed by atoms with Gasteiger partial charge in [-0.3, -0.25) is 0 Å². The van der Waals surface area contributed by atoms with Gasteiger partial charge in [-0.25, -0.2) is 0 Å². The van der Waals surface area contributed by atoms with Crippen LogP contribution in [0.5, 0.6) is 11.5 Å². The Labute approximate surface area is 89.6 Å². The molecule has 0 aliphatic heterocycles. The SMILES string of the molecule is CCOc1ccc([C@H](O)CN)cc1OC. The summed E-state index contributed by atoms with van der Waals surface area (Å²) in [5, 5.41) is 9.55. The molecular formula is C11H17NO3. The van der Waals surface area contributed by atoms with Gasteiger partial charge < -0.3 is 20.3 Å². The summed E-state index contributed by atoms with van der Waals surface area (Å²) in [7, 11) is 1.57. The van der Waals surface area contributed by atoms with Crippen LogP contribution in [-0.4, -0.2) is 25.4 Å². The van der Waals surface area contributed by atoms with Gasteiger partial charge in [0.25, 0.3) is 0 Å². The first-order valence-electron chi connectivity index (χ1n) is 4.91. The van der Waals surface area contributed by atoms with E-state index in [-0.39, 0.29) is 6.54 Å². The van der Waals surface area contributed by atoms with E-state index in [0.29, 0.717) is 18.1 Å². The average molecular weight is 211 g/mol. The van der Waals surface area contributed by atoms with Crippen molar-refractivity contribution in [2.24, 2.45) is 5.73 Å². The zero-order chi connectivity index (χ0) is 11.3. The lowest BCUT2D eigenvalue weighted by atomic mass is 10.1. The van der Waals surface area contributed by atoms with Crippen molar-refractivity contribution in [1.29, 1.82) is 0 Å². The Morgan fingerprint density at radius 1 is 1.40 bits per heavy atom. The lowest BCUT2D eigenvalue weighted by Crippen LogP contribution is -2.11. The van der Waals surface area contributed by atoms with E-state index in [9.17, 15) is 5.11 Å². The number of aliphatic hydroxyl groups is 1. The summed E-state index contributed by atoms with van der Waals surface area (Å²) in [6.07, 6.45) is -0.658.